The van der Waals surface area contributed by atoms with Crippen molar-refractivity contribution in [3.8, 4) is 34.2 Å². The maximum Gasteiger partial charge on any atom is 0.167 e. The molecule has 0 spiro atoms. The van der Waals surface area contributed by atoms with Crippen LogP contribution in [0.4, 0.5) is 0 Å². The number of benzene rings is 6. The van der Waals surface area contributed by atoms with E-state index < -0.39 is 0 Å². The molecule has 0 N–H and O–H groups in total. The van der Waals surface area contributed by atoms with E-state index in [1.54, 1.807) is 11.3 Å². The van der Waals surface area contributed by atoms with Gasteiger partial charge in [-0.15, -0.1) is 11.3 Å². The number of hydrogen-bond acceptors (Lipinski definition) is 6. The molecule has 0 aliphatic carbocycles. The number of thiophene rings is 1. The van der Waals surface area contributed by atoms with Crippen LogP contribution in [0.25, 0.3) is 98.2 Å². The fraction of sp³-hybridized carbons (Fsp3) is 0. The summed E-state index contributed by atoms with van der Waals surface area (Å²) in [6.07, 6.45) is 0. The Morgan fingerprint density at radius 2 is 0.911 bits per heavy atom. The summed E-state index contributed by atoms with van der Waals surface area (Å²) in [5.41, 5.74) is 5.89. The maximum absolute atomic E-state index is 6.45. The molecule has 0 saturated heterocycles. The first-order valence-electron chi connectivity index (χ1n) is 14.8. The van der Waals surface area contributed by atoms with Gasteiger partial charge in [0.15, 0.2) is 17.5 Å². The normalized spacial score (nSPS) is 12.0. The van der Waals surface area contributed by atoms with Crippen molar-refractivity contribution in [2.45, 2.75) is 0 Å². The van der Waals surface area contributed by atoms with Crippen LogP contribution in [0.1, 0.15) is 0 Å². The summed E-state index contributed by atoms with van der Waals surface area (Å²) in [7, 11) is 0. The van der Waals surface area contributed by atoms with Crippen molar-refractivity contribution in [2.24, 2.45) is 0 Å². The lowest BCUT2D eigenvalue weighted by Crippen LogP contribution is -2.01. The zero-order chi connectivity index (χ0) is 29.5. The standard InChI is InChI=1S/C39H21N3O2S/c1-4-17-29-22(10-1)23-13-7-16-28(36(23)44-29)39-41-37(26-14-8-19-31-34(26)24-11-2-5-18-30(24)43-31)40-38(42-39)27-15-9-21-33-35(27)25-12-3-6-20-32(25)45-33/h1-21H. The van der Waals surface area contributed by atoms with Gasteiger partial charge in [-0.1, -0.05) is 91.0 Å². The molecule has 10 aromatic rings. The van der Waals surface area contributed by atoms with Gasteiger partial charge in [-0.05, 0) is 36.4 Å². The third kappa shape index (κ3) is 3.63. The predicted octanol–water partition coefficient (Wildman–Crippen LogP) is 11.0. The number of furan rings is 2. The van der Waals surface area contributed by atoms with Crippen molar-refractivity contribution in [2.75, 3.05) is 0 Å². The highest BCUT2D eigenvalue weighted by Gasteiger charge is 2.21. The van der Waals surface area contributed by atoms with E-state index in [0.717, 1.165) is 66.0 Å². The maximum atomic E-state index is 6.45. The summed E-state index contributed by atoms with van der Waals surface area (Å²) in [4.78, 5) is 15.6. The Bertz CT molecular complexity index is 2660. The zero-order valence-electron chi connectivity index (χ0n) is 23.7. The Morgan fingerprint density at radius 3 is 1.73 bits per heavy atom. The summed E-state index contributed by atoms with van der Waals surface area (Å²) in [5.74, 6) is 1.75. The van der Waals surface area contributed by atoms with Gasteiger partial charge in [0.05, 0.1) is 5.56 Å². The van der Waals surface area contributed by atoms with E-state index in [1.165, 1.54) is 14.8 Å². The third-order valence-electron chi connectivity index (χ3n) is 8.57. The minimum Gasteiger partial charge on any atom is -0.456 e. The van der Waals surface area contributed by atoms with Gasteiger partial charge in [-0.25, -0.2) is 15.0 Å². The number of para-hydroxylation sites is 3. The van der Waals surface area contributed by atoms with Gasteiger partial charge in [0, 0.05) is 52.8 Å². The molecule has 4 aromatic heterocycles. The molecule has 0 saturated carbocycles. The number of hydrogen-bond donors (Lipinski definition) is 0. The second-order valence-electron chi connectivity index (χ2n) is 11.1. The van der Waals surface area contributed by atoms with Crippen molar-refractivity contribution in [1.82, 2.24) is 15.0 Å². The molecular formula is C39H21N3O2S. The number of aromatic nitrogens is 3. The Balaban J connectivity index is 1.31. The highest BCUT2D eigenvalue weighted by molar-refractivity contribution is 7.25. The number of nitrogens with zero attached hydrogens (tertiary/aromatic N) is 3. The van der Waals surface area contributed by atoms with Crippen LogP contribution in [0.15, 0.2) is 136 Å². The van der Waals surface area contributed by atoms with Crippen LogP contribution in [0.2, 0.25) is 0 Å². The van der Waals surface area contributed by atoms with Gasteiger partial charge in [0.25, 0.3) is 0 Å². The average Bonchev–Trinajstić information content (AvgIpc) is 3.79. The van der Waals surface area contributed by atoms with E-state index in [-0.39, 0.29) is 0 Å². The summed E-state index contributed by atoms with van der Waals surface area (Å²) in [6.45, 7) is 0. The Morgan fingerprint density at radius 1 is 0.378 bits per heavy atom. The van der Waals surface area contributed by atoms with Crippen LogP contribution >= 0.6 is 11.3 Å². The number of rotatable bonds is 3. The SMILES string of the molecule is c1ccc2c(c1)oc1c(-c3nc(-c4cccc5oc6ccccc6c45)nc(-c4cccc5sc6ccccc6c45)n3)cccc12. The lowest BCUT2D eigenvalue weighted by molar-refractivity contribution is 0.668. The molecule has 0 atom stereocenters. The summed E-state index contributed by atoms with van der Waals surface area (Å²) >= 11 is 1.78. The molecule has 0 amide bonds. The van der Waals surface area contributed by atoms with Crippen LogP contribution in [0.5, 0.6) is 0 Å². The molecule has 45 heavy (non-hydrogen) atoms. The van der Waals surface area contributed by atoms with Crippen LogP contribution in [0.3, 0.4) is 0 Å². The molecule has 0 aliphatic heterocycles. The van der Waals surface area contributed by atoms with Crippen LogP contribution in [-0.4, -0.2) is 15.0 Å². The molecule has 0 radical (unpaired) electrons. The van der Waals surface area contributed by atoms with E-state index in [9.17, 15) is 0 Å². The van der Waals surface area contributed by atoms with Gasteiger partial charge in [-0.3, -0.25) is 0 Å². The van der Waals surface area contributed by atoms with Crippen molar-refractivity contribution < 1.29 is 8.83 Å². The molecule has 4 heterocycles. The lowest BCUT2D eigenvalue weighted by atomic mass is 10.0. The Kier molecular flexibility index (Phi) is 5.09. The first-order valence-corrected chi connectivity index (χ1v) is 15.6. The fourth-order valence-electron chi connectivity index (χ4n) is 6.58. The van der Waals surface area contributed by atoms with Crippen molar-refractivity contribution in [3.05, 3.63) is 127 Å². The molecule has 0 unspecified atom stereocenters. The van der Waals surface area contributed by atoms with Gasteiger partial charge < -0.3 is 8.83 Å². The third-order valence-corrected chi connectivity index (χ3v) is 9.70. The monoisotopic (exact) mass is 595 g/mol. The van der Waals surface area contributed by atoms with E-state index in [0.29, 0.717) is 17.5 Å². The van der Waals surface area contributed by atoms with Gasteiger partial charge in [-0.2, -0.15) is 0 Å². The first kappa shape index (κ1) is 24.6. The largest absolute Gasteiger partial charge is 0.456 e. The van der Waals surface area contributed by atoms with Crippen LogP contribution in [-0.2, 0) is 0 Å². The second kappa shape index (κ2) is 9.32. The van der Waals surface area contributed by atoms with Crippen molar-refractivity contribution in [1.29, 1.82) is 0 Å². The second-order valence-corrected chi connectivity index (χ2v) is 12.2. The molecule has 0 aliphatic rings. The van der Waals surface area contributed by atoms with Gasteiger partial charge >= 0.3 is 0 Å². The summed E-state index contributed by atoms with van der Waals surface area (Å²) in [6, 6.07) is 43.3. The quantitative estimate of drug-likeness (QED) is 0.203. The molecule has 0 fully saturated rings. The minimum atomic E-state index is 0.556. The number of fused-ring (bicyclic) bond motifs is 9. The molecule has 210 valence electrons. The van der Waals surface area contributed by atoms with Crippen molar-refractivity contribution >= 4 is 75.4 Å². The van der Waals surface area contributed by atoms with Crippen molar-refractivity contribution in [3.63, 3.8) is 0 Å². The summed E-state index contributed by atoms with van der Waals surface area (Å²) in [5, 5.41) is 6.44. The molecule has 6 aromatic carbocycles. The van der Waals surface area contributed by atoms with Crippen LogP contribution in [0, 0.1) is 0 Å². The minimum absolute atomic E-state index is 0.556. The topological polar surface area (TPSA) is 65.0 Å². The summed E-state index contributed by atoms with van der Waals surface area (Å²) < 4.78 is 15.1. The predicted molar refractivity (Wildman–Crippen MR) is 184 cm³/mol. The van der Waals surface area contributed by atoms with Gasteiger partial charge in [0.2, 0.25) is 0 Å². The van der Waals surface area contributed by atoms with E-state index in [4.69, 9.17) is 23.8 Å². The fourth-order valence-corrected chi connectivity index (χ4v) is 7.71. The van der Waals surface area contributed by atoms with E-state index in [1.807, 2.05) is 60.7 Å². The molecule has 10 rings (SSSR count). The van der Waals surface area contributed by atoms with E-state index >= 15 is 0 Å². The van der Waals surface area contributed by atoms with Gasteiger partial charge in [0.1, 0.15) is 22.3 Å². The molecule has 0 bridgehead atoms. The highest BCUT2D eigenvalue weighted by atomic mass is 32.1. The molecule has 6 heteroatoms. The van der Waals surface area contributed by atoms with E-state index in [2.05, 4.69) is 66.7 Å². The average molecular weight is 596 g/mol. The first-order chi connectivity index (χ1) is 22.3. The van der Waals surface area contributed by atoms with Crippen LogP contribution < -0.4 is 0 Å². The zero-order valence-corrected chi connectivity index (χ0v) is 24.5. The Labute approximate surface area is 260 Å². The lowest BCUT2D eigenvalue weighted by Gasteiger charge is -2.10. The highest BCUT2D eigenvalue weighted by Crippen LogP contribution is 2.42. The Hall–Kier alpha value is -5.85. The molecular weight excluding hydrogens is 575 g/mol. The smallest absolute Gasteiger partial charge is 0.167 e. The molecule has 5 nitrogen and oxygen atoms in total.